The molecule has 3 aliphatic carbocycles. The normalized spacial score (nSPS) is 18.5. The quantitative estimate of drug-likeness (QED) is 0.543. The Balaban J connectivity index is 1.22. The van der Waals surface area contributed by atoms with Crippen molar-refractivity contribution in [3.8, 4) is 11.1 Å². The second kappa shape index (κ2) is 8.89. The molecule has 3 N–H and O–H groups in total. The van der Waals surface area contributed by atoms with E-state index in [1.807, 2.05) is 36.4 Å². The number of hydrogen-bond donors (Lipinski definition) is 3. The van der Waals surface area contributed by atoms with Crippen LogP contribution in [0.5, 0.6) is 0 Å². The first-order valence-electron chi connectivity index (χ1n) is 11.7. The number of nitrogens with one attached hydrogen (secondary N) is 2. The summed E-state index contributed by atoms with van der Waals surface area (Å²) < 4.78 is 5.58. The van der Waals surface area contributed by atoms with Gasteiger partial charge in [0.15, 0.2) is 0 Å². The summed E-state index contributed by atoms with van der Waals surface area (Å²) in [5, 5.41) is 14.8. The molecule has 0 spiro atoms. The summed E-state index contributed by atoms with van der Waals surface area (Å²) in [6, 6.07) is 14.5. The van der Waals surface area contributed by atoms with Crippen LogP contribution >= 0.6 is 0 Å². The third-order valence-electron chi connectivity index (χ3n) is 6.87. The van der Waals surface area contributed by atoms with Crippen LogP contribution in [0.2, 0.25) is 0 Å². The topological polar surface area (TPSA) is 105 Å². The Labute approximate surface area is 192 Å². The predicted molar refractivity (Wildman–Crippen MR) is 122 cm³/mol. The van der Waals surface area contributed by atoms with Gasteiger partial charge in [-0.25, -0.2) is 9.59 Å². The van der Waals surface area contributed by atoms with E-state index in [1.165, 1.54) is 0 Å². The zero-order valence-electron chi connectivity index (χ0n) is 18.3. The van der Waals surface area contributed by atoms with Crippen molar-refractivity contribution < 1.29 is 24.2 Å². The molecule has 0 aliphatic heterocycles. The van der Waals surface area contributed by atoms with E-state index in [9.17, 15) is 19.5 Å². The molecule has 1 unspecified atom stereocenters. The van der Waals surface area contributed by atoms with Crippen LogP contribution in [0.4, 0.5) is 4.79 Å². The van der Waals surface area contributed by atoms with Crippen molar-refractivity contribution in [1.82, 2.24) is 10.6 Å². The number of hydrogen-bond acceptors (Lipinski definition) is 4. The number of amides is 2. The van der Waals surface area contributed by atoms with Gasteiger partial charge < -0.3 is 20.5 Å². The molecule has 2 fully saturated rings. The molecule has 0 bridgehead atoms. The lowest BCUT2D eigenvalue weighted by Crippen LogP contribution is -2.52. The molecule has 2 saturated carbocycles. The SMILES string of the molecule is O=C(NC(C(=O)N[C@@H](CC1CC1)C(=O)O)C1CC1)OCC1c2ccccc2-c2ccccc21. The van der Waals surface area contributed by atoms with E-state index in [1.54, 1.807) is 0 Å². The van der Waals surface area contributed by atoms with Gasteiger partial charge in [0.2, 0.25) is 5.91 Å². The largest absolute Gasteiger partial charge is 0.480 e. The number of carbonyl (C=O) groups is 3. The van der Waals surface area contributed by atoms with E-state index in [-0.39, 0.29) is 18.4 Å². The number of carboxylic acids is 1. The van der Waals surface area contributed by atoms with E-state index in [2.05, 4.69) is 22.8 Å². The maximum absolute atomic E-state index is 12.8. The smallest absolute Gasteiger partial charge is 0.407 e. The number of alkyl carbamates (subject to hydrolysis) is 1. The van der Waals surface area contributed by atoms with Gasteiger partial charge in [-0.3, -0.25) is 4.79 Å². The molecule has 33 heavy (non-hydrogen) atoms. The minimum atomic E-state index is -1.04. The van der Waals surface area contributed by atoms with Crippen molar-refractivity contribution in [2.45, 2.75) is 50.1 Å². The fraction of sp³-hybridized carbons (Fsp3) is 0.423. The lowest BCUT2D eigenvalue weighted by atomic mass is 9.98. The Bertz CT molecular complexity index is 1030. The molecule has 2 amide bonds. The lowest BCUT2D eigenvalue weighted by molar-refractivity contribution is -0.142. The molecule has 5 rings (SSSR count). The van der Waals surface area contributed by atoms with E-state index in [0.717, 1.165) is 47.9 Å². The maximum atomic E-state index is 12.8. The number of carboxylic acid groups (broad SMARTS) is 1. The third-order valence-corrected chi connectivity index (χ3v) is 6.87. The monoisotopic (exact) mass is 448 g/mol. The van der Waals surface area contributed by atoms with E-state index < -0.39 is 30.1 Å². The summed E-state index contributed by atoms with van der Waals surface area (Å²) in [5.41, 5.74) is 4.53. The number of rotatable bonds is 9. The Hall–Kier alpha value is -3.35. The molecule has 7 nitrogen and oxygen atoms in total. The van der Waals surface area contributed by atoms with Gasteiger partial charge in [-0.2, -0.15) is 0 Å². The first-order chi connectivity index (χ1) is 16.0. The van der Waals surface area contributed by atoms with E-state index in [0.29, 0.717) is 12.3 Å². The van der Waals surface area contributed by atoms with Gasteiger partial charge in [0.25, 0.3) is 0 Å². The summed E-state index contributed by atoms with van der Waals surface area (Å²) >= 11 is 0. The number of fused-ring (bicyclic) bond motifs is 3. The van der Waals surface area contributed by atoms with Crippen molar-refractivity contribution in [3.63, 3.8) is 0 Å². The Morgan fingerprint density at radius 2 is 1.52 bits per heavy atom. The molecule has 0 aromatic heterocycles. The van der Waals surface area contributed by atoms with Crippen LogP contribution in [0.3, 0.4) is 0 Å². The number of benzene rings is 2. The average molecular weight is 449 g/mol. The summed E-state index contributed by atoms with van der Waals surface area (Å²) in [6.07, 6.45) is 3.43. The lowest BCUT2D eigenvalue weighted by Gasteiger charge is -2.22. The molecule has 2 atom stereocenters. The minimum absolute atomic E-state index is 0.0147. The Morgan fingerprint density at radius 1 is 0.909 bits per heavy atom. The first-order valence-corrected chi connectivity index (χ1v) is 11.7. The zero-order chi connectivity index (χ0) is 22.9. The fourth-order valence-electron chi connectivity index (χ4n) is 4.76. The van der Waals surface area contributed by atoms with Crippen LogP contribution in [0, 0.1) is 11.8 Å². The second-order valence-corrected chi connectivity index (χ2v) is 9.36. The van der Waals surface area contributed by atoms with Gasteiger partial charge in [-0.05, 0) is 53.4 Å². The van der Waals surface area contributed by atoms with Crippen LogP contribution in [-0.2, 0) is 14.3 Å². The third kappa shape index (κ3) is 4.72. The van der Waals surface area contributed by atoms with Gasteiger partial charge in [0, 0.05) is 5.92 Å². The molecular weight excluding hydrogens is 420 g/mol. The molecular formula is C26H28N2O5. The molecule has 172 valence electrons. The van der Waals surface area contributed by atoms with Crippen LogP contribution in [0.15, 0.2) is 48.5 Å². The highest BCUT2D eigenvalue weighted by Gasteiger charge is 2.40. The van der Waals surface area contributed by atoms with E-state index in [4.69, 9.17) is 4.74 Å². The molecule has 3 aliphatic rings. The number of aliphatic carboxylic acids is 1. The maximum Gasteiger partial charge on any atom is 0.407 e. The first kappa shape index (κ1) is 21.5. The highest BCUT2D eigenvalue weighted by Crippen LogP contribution is 2.44. The van der Waals surface area contributed by atoms with Gasteiger partial charge in [-0.1, -0.05) is 61.4 Å². The Morgan fingerprint density at radius 3 is 2.06 bits per heavy atom. The summed E-state index contributed by atoms with van der Waals surface area (Å²) in [5.74, 6) is -1.17. The molecule has 0 saturated heterocycles. The van der Waals surface area contributed by atoms with Gasteiger partial charge in [0.05, 0.1) is 0 Å². The molecule has 2 aromatic rings. The van der Waals surface area contributed by atoms with Gasteiger partial charge >= 0.3 is 12.1 Å². The summed E-state index contributed by atoms with van der Waals surface area (Å²) in [7, 11) is 0. The van der Waals surface area contributed by atoms with Crippen molar-refractivity contribution in [1.29, 1.82) is 0 Å². The van der Waals surface area contributed by atoms with Gasteiger partial charge in [0.1, 0.15) is 18.7 Å². The van der Waals surface area contributed by atoms with Crippen molar-refractivity contribution >= 4 is 18.0 Å². The molecule has 0 radical (unpaired) electrons. The molecule has 7 heteroatoms. The highest BCUT2D eigenvalue weighted by molar-refractivity contribution is 5.89. The molecule has 2 aromatic carbocycles. The van der Waals surface area contributed by atoms with Crippen molar-refractivity contribution in [3.05, 3.63) is 59.7 Å². The van der Waals surface area contributed by atoms with Gasteiger partial charge in [-0.15, -0.1) is 0 Å². The standard InChI is InChI=1S/C26H28N2O5/c29-24(27-22(25(30)31)13-15-9-10-15)23(16-11-12-16)28-26(32)33-14-21-19-7-3-1-5-17(19)18-6-2-4-8-20(18)21/h1-8,15-16,21-23H,9-14H2,(H,27,29)(H,28,32)(H,30,31)/t22-,23?/m0/s1. The fourth-order valence-corrected chi connectivity index (χ4v) is 4.76. The average Bonchev–Trinajstić information content (AvgIpc) is 3.74. The highest BCUT2D eigenvalue weighted by atomic mass is 16.5. The van der Waals surface area contributed by atoms with Crippen LogP contribution < -0.4 is 10.6 Å². The number of ether oxygens (including phenoxy) is 1. The number of carbonyl (C=O) groups excluding carboxylic acids is 2. The zero-order valence-corrected chi connectivity index (χ0v) is 18.3. The van der Waals surface area contributed by atoms with Crippen LogP contribution in [0.1, 0.15) is 49.1 Å². The summed E-state index contributed by atoms with van der Waals surface area (Å²) in [6.45, 7) is 0.165. The molecule has 0 heterocycles. The van der Waals surface area contributed by atoms with Crippen molar-refractivity contribution in [2.75, 3.05) is 6.61 Å². The van der Waals surface area contributed by atoms with Crippen molar-refractivity contribution in [2.24, 2.45) is 11.8 Å². The van der Waals surface area contributed by atoms with Crippen LogP contribution in [0.25, 0.3) is 11.1 Å². The summed E-state index contributed by atoms with van der Waals surface area (Å²) in [4.78, 5) is 37.0. The van der Waals surface area contributed by atoms with Crippen LogP contribution in [-0.4, -0.2) is 41.8 Å². The Kier molecular flexibility index (Phi) is 5.79. The predicted octanol–water partition coefficient (Wildman–Crippen LogP) is 3.67. The second-order valence-electron chi connectivity index (χ2n) is 9.36. The van der Waals surface area contributed by atoms with E-state index >= 15 is 0 Å². The minimum Gasteiger partial charge on any atom is -0.480 e.